The number of carbonyl (C=O) groups is 1. The third-order valence-electron chi connectivity index (χ3n) is 3.89. The van der Waals surface area contributed by atoms with Crippen LogP contribution in [0.5, 0.6) is 0 Å². The molecule has 0 amide bonds. The van der Waals surface area contributed by atoms with Crippen molar-refractivity contribution >= 4 is 27.3 Å². The van der Waals surface area contributed by atoms with E-state index in [1.807, 2.05) is 24.3 Å². The van der Waals surface area contributed by atoms with Gasteiger partial charge in [0.2, 0.25) is 0 Å². The molecule has 23 heavy (non-hydrogen) atoms. The van der Waals surface area contributed by atoms with Crippen molar-refractivity contribution < 1.29 is 18.3 Å². The van der Waals surface area contributed by atoms with Crippen LogP contribution in [-0.4, -0.2) is 19.5 Å². The van der Waals surface area contributed by atoms with Crippen LogP contribution >= 0.6 is 11.3 Å². The third kappa shape index (κ3) is 3.63. The van der Waals surface area contributed by atoms with Crippen LogP contribution in [0.2, 0.25) is 0 Å². The van der Waals surface area contributed by atoms with E-state index in [4.69, 9.17) is 5.11 Å². The molecular weight excluding hydrogens is 334 g/mol. The maximum Gasteiger partial charge on any atom is 0.308 e. The lowest BCUT2D eigenvalue weighted by atomic mass is 9.88. The Morgan fingerprint density at radius 3 is 2.83 bits per heavy atom. The number of sulfonamides is 1. The Hall–Kier alpha value is -1.70. The van der Waals surface area contributed by atoms with Gasteiger partial charge in [-0.3, -0.25) is 4.79 Å². The van der Waals surface area contributed by atoms with Gasteiger partial charge in [-0.15, -0.1) is 11.3 Å². The molecule has 1 aliphatic carbocycles. The van der Waals surface area contributed by atoms with Crippen LogP contribution in [0.1, 0.15) is 34.9 Å². The molecule has 1 unspecified atom stereocenters. The molecule has 0 fully saturated rings. The molecule has 2 aromatic rings. The van der Waals surface area contributed by atoms with Crippen LogP contribution in [0.15, 0.2) is 40.6 Å². The monoisotopic (exact) mass is 351 g/mol. The maximum atomic E-state index is 12.6. The minimum atomic E-state index is -3.64. The van der Waals surface area contributed by atoms with Crippen molar-refractivity contribution in [2.24, 2.45) is 0 Å². The van der Waals surface area contributed by atoms with Crippen molar-refractivity contribution in [3.63, 3.8) is 0 Å². The van der Waals surface area contributed by atoms with Crippen molar-refractivity contribution in [3.05, 3.63) is 52.4 Å². The van der Waals surface area contributed by atoms with Crippen LogP contribution in [0.3, 0.4) is 0 Å². The van der Waals surface area contributed by atoms with Crippen LogP contribution in [-0.2, 0) is 27.7 Å². The smallest absolute Gasteiger partial charge is 0.308 e. The van der Waals surface area contributed by atoms with Crippen molar-refractivity contribution in [2.75, 3.05) is 0 Å². The van der Waals surface area contributed by atoms with Crippen LogP contribution in [0.25, 0.3) is 0 Å². The quantitative estimate of drug-likeness (QED) is 0.867. The topological polar surface area (TPSA) is 83.5 Å². The van der Waals surface area contributed by atoms with E-state index in [0.717, 1.165) is 36.2 Å². The Morgan fingerprint density at radius 1 is 1.26 bits per heavy atom. The number of thiophene rings is 1. The predicted molar refractivity (Wildman–Crippen MR) is 88.1 cm³/mol. The van der Waals surface area contributed by atoms with E-state index in [1.165, 1.54) is 11.6 Å². The summed E-state index contributed by atoms with van der Waals surface area (Å²) in [4.78, 5) is 11.3. The van der Waals surface area contributed by atoms with Gasteiger partial charge in [-0.2, -0.15) is 0 Å². The number of hydrogen-bond donors (Lipinski definition) is 2. The van der Waals surface area contributed by atoms with E-state index in [0.29, 0.717) is 4.88 Å². The summed E-state index contributed by atoms with van der Waals surface area (Å²) in [5.74, 6) is -0.968. The number of carboxylic acids is 1. The zero-order valence-electron chi connectivity index (χ0n) is 12.4. The second-order valence-electron chi connectivity index (χ2n) is 5.56. The fraction of sp³-hybridized carbons (Fsp3) is 0.312. The van der Waals surface area contributed by atoms with Gasteiger partial charge < -0.3 is 5.11 Å². The molecule has 1 heterocycles. The SMILES string of the molecule is O=C(O)Cc1ccc(S(=O)(=O)NC2CCCc3ccccc32)s1. The van der Waals surface area contributed by atoms with Crippen molar-refractivity contribution in [3.8, 4) is 0 Å². The van der Waals surface area contributed by atoms with Gasteiger partial charge in [0, 0.05) is 10.9 Å². The second kappa shape index (κ2) is 6.43. The van der Waals surface area contributed by atoms with E-state index >= 15 is 0 Å². The number of aryl methyl sites for hydroxylation is 1. The summed E-state index contributed by atoms with van der Waals surface area (Å²) >= 11 is 1.01. The van der Waals surface area contributed by atoms with Gasteiger partial charge in [0.05, 0.1) is 6.42 Å². The maximum absolute atomic E-state index is 12.6. The van der Waals surface area contributed by atoms with Crippen LogP contribution in [0, 0.1) is 0 Å². The largest absolute Gasteiger partial charge is 0.481 e. The standard InChI is InChI=1S/C16H17NO4S2/c18-15(19)10-12-8-9-16(22-12)23(20,21)17-14-7-3-5-11-4-1-2-6-13(11)14/h1-2,4,6,8-9,14,17H,3,5,7,10H2,(H,18,19). The summed E-state index contributed by atoms with van der Waals surface area (Å²) in [6.45, 7) is 0. The summed E-state index contributed by atoms with van der Waals surface area (Å²) in [6.07, 6.45) is 2.52. The zero-order valence-corrected chi connectivity index (χ0v) is 14.0. The van der Waals surface area contributed by atoms with E-state index in [2.05, 4.69) is 4.72 Å². The van der Waals surface area contributed by atoms with Crippen LogP contribution < -0.4 is 4.72 Å². The molecular formula is C16H17NO4S2. The molecule has 1 aromatic heterocycles. The third-order valence-corrected chi connectivity index (χ3v) is 6.94. The lowest BCUT2D eigenvalue weighted by Crippen LogP contribution is -2.30. The van der Waals surface area contributed by atoms with Gasteiger partial charge in [0.1, 0.15) is 4.21 Å². The number of carboxylic acid groups (broad SMARTS) is 1. The highest BCUT2D eigenvalue weighted by molar-refractivity contribution is 7.91. The van der Waals surface area contributed by atoms with Crippen molar-refractivity contribution in [2.45, 2.75) is 35.9 Å². The van der Waals surface area contributed by atoms with Crippen molar-refractivity contribution in [1.82, 2.24) is 4.72 Å². The molecule has 0 saturated heterocycles. The Labute approximate surface area is 139 Å². The van der Waals surface area contributed by atoms with Gasteiger partial charge in [-0.25, -0.2) is 13.1 Å². The molecule has 0 saturated carbocycles. The van der Waals surface area contributed by atoms with E-state index in [-0.39, 0.29) is 16.7 Å². The molecule has 0 spiro atoms. The first kappa shape index (κ1) is 16.2. The summed E-state index contributed by atoms with van der Waals surface area (Å²) in [6, 6.07) is 10.7. The van der Waals surface area contributed by atoms with E-state index < -0.39 is 16.0 Å². The number of aliphatic carboxylic acids is 1. The summed E-state index contributed by atoms with van der Waals surface area (Å²) < 4.78 is 28.1. The van der Waals surface area contributed by atoms with Gasteiger partial charge in [0.15, 0.2) is 0 Å². The highest BCUT2D eigenvalue weighted by Gasteiger charge is 2.26. The highest BCUT2D eigenvalue weighted by Crippen LogP contribution is 2.32. The second-order valence-corrected chi connectivity index (χ2v) is 8.67. The Balaban J connectivity index is 1.82. The number of rotatable bonds is 5. The van der Waals surface area contributed by atoms with Gasteiger partial charge in [-0.05, 0) is 42.5 Å². The molecule has 3 rings (SSSR count). The van der Waals surface area contributed by atoms with E-state index in [1.54, 1.807) is 6.07 Å². The average molecular weight is 351 g/mol. The molecule has 0 radical (unpaired) electrons. The minimum absolute atomic E-state index is 0.160. The molecule has 0 aliphatic heterocycles. The molecule has 122 valence electrons. The first-order chi connectivity index (χ1) is 11.0. The van der Waals surface area contributed by atoms with E-state index in [9.17, 15) is 13.2 Å². The summed E-state index contributed by atoms with van der Waals surface area (Å²) in [5.41, 5.74) is 2.22. The van der Waals surface area contributed by atoms with Gasteiger partial charge >= 0.3 is 5.97 Å². The number of benzene rings is 1. The molecule has 5 nitrogen and oxygen atoms in total. The highest BCUT2D eigenvalue weighted by atomic mass is 32.2. The minimum Gasteiger partial charge on any atom is -0.481 e. The fourth-order valence-electron chi connectivity index (χ4n) is 2.87. The number of nitrogens with one attached hydrogen (secondary N) is 1. The average Bonchev–Trinajstić information content (AvgIpc) is 2.96. The molecule has 7 heteroatoms. The fourth-order valence-corrected chi connectivity index (χ4v) is 5.48. The molecule has 1 atom stereocenters. The number of hydrogen-bond acceptors (Lipinski definition) is 4. The first-order valence-electron chi connectivity index (χ1n) is 7.36. The predicted octanol–water partition coefficient (Wildman–Crippen LogP) is 2.73. The molecule has 1 aromatic carbocycles. The molecule has 0 bridgehead atoms. The Kier molecular flexibility index (Phi) is 4.52. The molecule has 1 aliphatic rings. The van der Waals surface area contributed by atoms with Gasteiger partial charge in [0.25, 0.3) is 10.0 Å². The zero-order chi connectivity index (χ0) is 16.4. The van der Waals surface area contributed by atoms with Gasteiger partial charge in [-0.1, -0.05) is 24.3 Å². The number of fused-ring (bicyclic) bond motifs is 1. The summed E-state index contributed by atoms with van der Waals surface area (Å²) in [5, 5.41) is 8.79. The molecule has 2 N–H and O–H groups in total. The Bertz CT molecular complexity index is 826. The Morgan fingerprint density at radius 2 is 2.04 bits per heavy atom. The van der Waals surface area contributed by atoms with Crippen LogP contribution in [0.4, 0.5) is 0 Å². The first-order valence-corrected chi connectivity index (χ1v) is 9.66. The lowest BCUT2D eigenvalue weighted by Gasteiger charge is -2.25. The van der Waals surface area contributed by atoms with Crippen molar-refractivity contribution in [1.29, 1.82) is 0 Å². The normalized spacial score (nSPS) is 17.7. The summed E-state index contributed by atoms with van der Waals surface area (Å²) in [7, 11) is -3.64. The lowest BCUT2D eigenvalue weighted by molar-refractivity contribution is -0.136.